The van der Waals surface area contributed by atoms with Gasteiger partial charge in [0.2, 0.25) is 5.91 Å². The number of methoxy groups -OCH3 is 1. The quantitative estimate of drug-likeness (QED) is 0.316. The predicted octanol–water partition coefficient (Wildman–Crippen LogP) is 1.91. The number of hydrogen-bond acceptors (Lipinski definition) is 4. The molecule has 0 saturated heterocycles. The van der Waals surface area contributed by atoms with Crippen LogP contribution >= 0.6 is 12.2 Å². The van der Waals surface area contributed by atoms with Crippen LogP contribution in [0.15, 0.2) is 60.7 Å². The van der Waals surface area contributed by atoms with Crippen molar-refractivity contribution < 1.29 is 14.3 Å². The Morgan fingerprint density at radius 2 is 1.76 bits per heavy atom. The lowest BCUT2D eigenvalue weighted by Crippen LogP contribution is -2.52. The third kappa shape index (κ3) is 8.02. The van der Waals surface area contributed by atoms with E-state index in [9.17, 15) is 9.59 Å². The maximum absolute atomic E-state index is 12.1. The highest BCUT2D eigenvalue weighted by atomic mass is 32.1. The summed E-state index contributed by atoms with van der Waals surface area (Å²) in [7, 11) is 1.59. The second kappa shape index (κ2) is 11.5. The van der Waals surface area contributed by atoms with E-state index < -0.39 is 11.9 Å². The van der Waals surface area contributed by atoms with E-state index in [0.29, 0.717) is 6.54 Å². The topological polar surface area (TPSA) is 91.5 Å². The molecule has 2 aromatic carbocycles. The summed E-state index contributed by atoms with van der Waals surface area (Å²) in [5, 5.41) is 5.84. The van der Waals surface area contributed by atoms with Gasteiger partial charge >= 0.3 is 0 Å². The van der Waals surface area contributed by atoms with Crippen LogP contribution in [0, 0.1) is 0 Å². The van der Waals surface area contributed by atoms with Gasteiger partial charge in [-0.2, -0.15) is 0 Å². The molecule has 29 heavy (non-hydrogen) atoms. The fourth-order valence-electron chi connectivity index (χ4n) is 2.26. The van der Waals surface area contributed by atoms with E-state index in [1.54, 1.807) is 32.2 Å². The van der Waals surface area contributed by atoms with Crippen molar-refractivity contribution in [3.63, 3.8) is 0 Å². The smallest absolute Gasteiger partial charge is 0.260 e. The molecule has 2 amide bonds. The zero-order valence-electron chi connectivity index (χ0n) is 16.3. The molecular formula is C21H24N4O3S. The van der Waals surface area contributed by atoms with Crippen molar-refractivity contribution in [2.45, 2.75) is 19.5 Å². The third-order valence-corrected chi connectivity index (χ3v) is 4.14. The van der Waals surface area contributed by atoms with Crippen molar-refractivity contribution in [3.05, 3.63) is 71.8 Å². The molecule has 4 N–H and O–H groups in total. The molecule has 152 valence electrons. The Morgan fingerprint density at radius 1 is 1.07 bits per heavy atom. The van der Waals surface area contributed by atoms with E-state index in [-0.39, 0.29) is 11.0 Å². The first-order chi connectivity index (χ1) is 14.0. The molecule has 0 saturated carbocycles. The van der Waals surface area contributed by atoms with Gasteiger partial charge in [-0.25, -0.2) is 0 Å². The van der Waals surface area contributed by atoms with E-state index in [1.807, 2.05) is 42.5 Å². The summed E-state index contributed by atoms with van der Waals surface area (Å²) >= 11 is 5.12. The Balaban J connectivity index is 1.70. The number of amides is 2. The number of carbonyl (C=O) groups excluding carboxylic acids is 2. The summed E-state index contributed by atoms with van der Waals surface area (Å²) in [4.78, 5) is 24.1. The molecule has 0 aliphatic heterocycles. The predicted molar refractivity (Wildman–Crippen MR) is 117 cm³/mol. The second-order valence-corrected chi connectivity index (χ2v) is 6.53. The fourth-order valence-corrected chi connectivity index (χ4v) is 2.39. The molecule has 0 heterocycles. The molecule has 0 radical (unpaired) electrons. The SMILES string of the molecule is COc1ccc(/C=C/C(=O)NC(C)C(=O)NNC(=S)NCc2ccccc2)cc1. The van der Waals surface area contributed by atoms with Gasteiger partial charge in [-0.1, -0.05) is 42.5 Å². The average Bonchev–Trinajstić information content (AvgIpc) is 2.75. The normalized spacial score (nSPS) is 11.4. The Kier molecular flexibility index (Phi) is 8.65. The number of nitrogens with one attached hydrogen (secondary N) is 4. The zero-order chi connectivity index (χ0) is 21.1. The summed E-state index contributed by atoms with van der Waals surface area (Å²) < 4.78 is 5.08. The van der Waals surface area contributed by atoms with E-state index in [4.69, 9.17) is 17.0 Å². The highest BCUT2D eigenvalue weighted by Crippen LogP contribution is 2.12. The Hall–Kier alpha value is -3.39. The minimum absolute atomic E-state index is 0.278. The zero-order valence-corrected chi connectivity index (χ0v) is 17.1. The summed E-state index contributed by atoms with van der Waals surface area (Å²) in [6, 6.07) is 16.2. The van der Waals surface area contributed by atoms with Gasteiger partial charge in [0.15, 0.2) is 5.11 Å². The van der Waals surface area contributed by atoms with Crippen LogP contribution in [0.5, 0.6) is 5.75 Å². The fraction of sp³-hybridized carbons (Fsp3) is 0.190. The van der Waals surface area contributed by atoms with Crippen LogP contribution < -0.4 is 26.2 Å². The monoisotopic (exact) mass is 412 g/mol. The molecule has 0 bridgehead atoms. The molecule has 0 aromatic heterocycles. The molecular weight excluding hydrogens is 388 g/mol. The first-order valence-corrected chi connectivity index (χ1v) is 9.39. The number of carbonyl (C=O) groups is 2. The molecule has 8 heteroatoms. The van der Waals surface area contributed by atoms with Crippen molar-refractivity contribution >= 4 is 35.2 Å². The number of ether oxygens (including phenoxy) is 1. The lowest BCUT2D eigenvalue weighted by atomic mass is 10.2. The van der Waals surface area contributed by atoms with Crippen LogP contribution in [0.1, 0.15) is 18.1 Å². The Labute approximate surface area is 175 Å². The molecule has 7 nitrogen and oxygen atoms in total. The lowest BCUT2D eigenvalue weighted by molar-refractivity contribution is -0.127. The summed E-state index contributed by atoms with van der Waals surface area (Å²) in [5.41, 5.74) is 6.98. The van der Waals surface area contributed by atoms with Gasteiger partial charge in [0, 0.05) is 12.6 Å². The van der Waals surface area contributed by atoms with Crippen molar-refractivity contribution in [1.29, 1.82) is 0 Å². The Bertz CT molecular complexity index is 854. The number of thiocarbonyl (C=S) groups is 1. The van der Waals surface area contributed by atoms with Gasteiger partial charge in [-0.15, -0.1) is 0 Å². The van der Waals surface area contributed by atoms with E-state index in [2.05, 4.69) is 21.5 Å². The minimum Gasteiger partial charge on any atom is -0.497 e. The van der Waals surface area contributed by atoms with Crippen LogP contribution in [0.25, 0.3) is 6.08 Å². The van der Waals surface area contributed by atoms with Crippen molar-refractivity contribution in [2.75, 3.05) is 7.11 Å². The number of rotatable bonds is 7. The summed E-state index contributed by atoms with van der Waals surface area (Å²) in [5.74, 6) is -0.0612. The molecule has 0 spiro atoms. The van der Waals surface area contributed by atoms with Gasteiger partial charge in [-0.05, 0) is 48.5 Å². The third-order valence-electron chi connectivity index (χ3n) is 3.89. The lowest BCUT2D eigenvalue weighted by Gasteiger charge is -2.15. The van der Waals surface area contributed by atoms with Crippen molar-refractivity contribution in [3.8, 4) is 5.75 Å². The van der Waals surface area contributed by atoms with Crippen molar-refractivity contribution in [2.24, 2.45) is 0 Å². The molecule has 1 unspecified atom stereocenters. The highest BCUT2D eigenvalue weighted by molar-refractivity contribution is 7.80. The van der Waals surface area contributed by atoms with Gasteiger partial charge in [0.1, 0.15) is 11.8 Å². The minimum atomic E-state index is -0.743. The van der Waals surface area contributed by atoms with Crippen LogP contribution in [-0.4, -0.2) is 30.1 Å². The maximum atomic E-state index is 12.1. The molecule has 0 aliphatic rings. The van der Waals surface area contributed by atoms with Crippen LogP contribution in [-0.2, 0) is 16.1 Å². The highest BCUT2D eigenvalue weighted by Gasteiger charge is 2.14. The second-order valence-electron chi connectivity index (χ2n) is 6.12. The largest absolute Gasteiger partial charge is 0.497 e. The standard InChI is InChI=1S/C21H24N4O3S/c1-15(23-19(26)13-10-16-8-11-18(28-2)12-9-16)20(27)24-25-21(29)22-14-17-6-4-3-5-7-17/h3-13,15H,14H2,1-2H3,(H,23,26)(H,24,27)(H2,22,25,29)/b13-10+. The van der Waals surface area contributed by atoms with E-state index >= 15 is 0 Å². The van der Waals surface area contributed by atoms with Gasteiger partial charge < -0.3 is 15.4 Å². The van der Waals surface area contributed by atoms with E-state index in [1.165, 1.54) is 6.08 Å². The molecule has 2 rings (SSSR count). The number of hydrogen-bond donors (Lipinski definition) is 4. The first-order valence-electron chi connectivity index (χ1n) is 8.98. The molecule has 2 aromatic rings. The number of hydrazine groups is 1. The molecule has 1 atom stereocenters. The van der Waals surface area contributed by atoms with Crippen molar-refractivity contribution in [1.82, 2.24) is 21.5 Å². The molecule has 0 aliphatic carbocycles. The summed E-state index contributed by atoms with van der Waals surface area (Å²) in [6.07, 6.45) is 3.02. The van der Waals surface area contributed by atoms with Crippen LogP contribution in [0.2, 0.25) is 0 Å². The average molecular weight is 413 g/mol. The number of benzene rings is 2. The van der Waals surface area contributed by atoms with Crippen LogP contribution in [0.3, 0.4) is 0 Å². The van der Waals surface area contributed by atoms with Crippen LogP contribution in [0.4, 0.5) is 0 Å². The van der Waals surface area contributed by atoms with Gasteiger partial charge in [-0.3, -0.25) is 20.4 Å². The maximum Gasteiger partial charge on any atom is 0.260 e. The molecule has 0 fully saturated rings. The van der Waals surface area contributed by atoms with Gasteiger partial charge in [0.05, 0.1) is 7.11 Å². The van der Waals surface area contributed by atoms with Gasteiger partial charge in [0.25, 0.3) is 5.91 Å². The van der Waals surface area contributed by atoms with E-state index in [0.717, 1.165) is 16.9 Å². The Morgan fingerprint density at radius 3 is 2.41 bits per heavy atom. The first kappa shape index (κ1) is 21.9. The summed E-state index contributed by atoms with van der Waals surface area (Å²) in [6.45, 7) is 2.11.